The molecule has 0 saturated carbocycles. The lowest BCUT2D eigenvalue weighted by Gasteiger charge is -1.98. The molecule has 0 bridgehead atoms. The summed E-state index contributed by atoms with van der Waals surface area (Å²) in [7, 11) is 0. The van der Waals surface area contributed by atoms with Crippen LogP contribution >= 0.6 is 12.6 Å². The van der Waals surface area contributed by atoms with E-state index < -0.39 is 0 Å². The van der Waals surface area contributed by atoms with Crippen molar-refractivity contribution in [2.45, 2.75) is 6.92 Å². The van der Waals surface area contributed by atoms with E-state index in [2.05, 4.69) is 22.9 Å². The first-order valence-electron chi connectivity index (χ1n) is 2.96. The highest BCUT2D eigenvalue weighted by Gasteiger charge is 1.83. The summed E-state index contributed by atoms with van der Waals surface area (Å²) in [4.78, 5) is 3.94. The molecule has 3 nitrogen and oxygen atoms in total. The minimum atomic E-state index is 0.506. The predicted molar refractivity (Wildman–Crippen MR) is 44.0 cm³/mol. The molecule has 0 amide bonds. The topological polar surface area (TPSA) is 50.4 Å². The van der Waals surface area contributed by atoms with Crippen LogP contribution in [0.2, 0.25) is 0 Å². The molecule has 0 fully saturated rings. The summed E-state index contributed by atoms with van der Waals surface area (Å²) in [6, 6.07) is 0. The molecule has 0 heterocycles. The average molecular weight is 147 g/mol. The Morgan fingerprint density at radius 3 is 2.89 bits per heavy atom. The van der Waals surface area contributed by atoms with E-state index in [1.165, 1.54) is 0 Å². The zero-order valence-corrected chi connectivity index (χ0v) is 6.49. The van der Waals surface area contributed by atoms with Crippen molar-refractivity contribution in [3.05, 3.63) is 0 Å². The third-order valence-corrected chi connectivity index (χ3v) is 0.940. The van der Waals surface area contributed by atoms with Gasteiger partial charge in [0.2, 0.25) is 0 Å². The maximum absolute atomic E-state index is 5.38. The molecule has 0 aliphatic rings. The Labute approximate surface area is 61.1 Å². The number of rotatable bonds is 3. The molecular weight excluding hydrogens is 134 g/mol. The van der Waals surface area contributed by atoms with Crippen molar-refractivity contribution >= 4 is 18.6 Å². The molecule has 0 rings (SSSR count). The second-order valence-corrected chi connectivity index (χ2v) is 1.97. The standard InChI is InChI=1S/C5H13N3S/c1-2-7-5(6)8-3-4-9/h9H,2-4H2,1H3,(H3,6,7,8). The summed E-state index contributed by atoms with van der Waals surface area (Å²) in [5.74, 6) is 1.25. The van der Waals surface area contributed by atoms with Crippen LogP contribution in [0.25, 0.3) is 0 Å². The molecule has 0 spiro atoms. The van der Waals surface area contributed by atoms with Gasteiger partial charge in [-0.1, -0.05) is 0 Å². The second-order valence-electron chi connectivity index (χ2n) is 1.52. The number of aliphatic imine (C=N–C) groups is 1. The molecule has 0 unspecified atom stereocenters. The highest BCUT2D eigenvalue weighted by atomic mass is 32.1. The molecule has 0 saturated heterocycles. The number of nitrogens with one attached hydrogen (secondary N) is 1. The second kappa shape index (κ2) is 5.75. The van der Waals surface area contributed by atoms with Crippen LogP contribution in [0, 0.1) is 0 Å². The van der Waals surface area contributed by atoms with E-state index in [4.69, 9.17) is 5.73 Å². The van der Waals surface area contributed by atoms with Gasteiger partial charge in [0.1, 0.15) is 0 Å². The van der Waals surface area contributed by atoms with Gasteiger partial charge in [-0.3, -0.25) is 4.99 Å². The Morgan fingerprint density at radius 1 is 1.78 bits per heavy atom. The lowest BCUT2D eigenvalue weighted by atomic mass is 10.7. The van der Waals surface area contributed by atoms with Crippen molar-refractivity contribution in [3.8, 4) is 0 Å². The fourth-order valence-electron chi connectivity index (χ4n) is 0.407. The Bertz CT molecular complexity index is 92.2. The monoisotopic (exact) mass is 147 g/mol. The van der Waals surface area contributed by atoms with Gasteiger partial charge in [-0.15, -0.1) is 0 Å². The number of nitrogens with two attached hydrogens (primary N) is 1. The summed E-state index contributed by atoms with van der Waals surface area (Å²) >= 11 is 3.97. The third-order valence-electron chi connectivity index (χ3n) is 0.740. The molecule has 3 N–H and O–H groups in total. The van der Waals surface area contributed by atoms with Crippen LogP contribution in [-0.4, -0.2) is 24.8 Å². The first kappa shape index (κ1) is 8.62. The van der Waals surface area contributed by atoms with E-state index in [1.54, 1.807) is 0 Å². The van der Waals surface area contributed by atoms with E-state index in [0.717, 1.165) is 12.3 Å². The van der Waals surface area contributed by atoms with Crippen LogP contribution in [0.5, 0.6) is 0 Å². The summed E-state index contributed by atoms with van der Waals surface area (Å²) in [6.45, 7) is 3.48. The first-order valence-corrected chi connectivity index (χ1v) is 3.59. The van der Waals surface area contributed by atoms with E-state index >= 15 is 0 Å². The minimum Gasteiger partial charge on any atom is -0.370 e. The summed E-state index contributed by atoms with van der Waals surface area (Å²) in [5, 5.41) is 2.87. The number of nitrogens with zero attached hydrogens (tertiary/aromatic N) is 1. The normalized spacial score (nSPS) is 11.6. The molecule has 0 aromatic rings. The number of hydrogen-bond donors (Lipinski definition) is 3. The zero-order valence-electron chi connectivity index (χ0n) is 5.59. The van der Waals surface area contributed by atoms with Crippen molar-refractivity contribution in [2.24, 2.45) is 10.7 Å². The molecule has 0 atom stereocenters. The number of thiol groups is 1. The van der Waals surface area contributed by atoms with Crippen molar-refractivity contribution in [1.82, 2.24) is 5.32 Å². The van der Waals surface area contributed by atoms with Crippen LogP contribution in [0.4, 0.5) is 0 Å². The van der Waals surface area contributed by atoms with E-state index in [-0.39, 0.29) is 0 Å². The first-order chi connectivity index (χ1) is 4.31. The number of guanidine groups is 1. The van der Waals surface area contributed by atoms with E-state index in [9.17, 15) is 0 Å². The Balaban J connectivity index is 3.30. The minimum absolute atomic E-state index is 0.506. The quantitative estimate of drug-likeness (QED) is 0.295. The van der Waals surface area contributed by atoms with Gasteiger partial charge in [0.05, 0.1) is 6.54 Å². The van der Waals surface area contributed by atoms with E-state index in [1.807, 2.05) is 6.92 Å². The van der Waals surface area contributed by atoms with Gasteiger partial charge in [-0.2, -0.15) is 12.6 Å². The van der Waals surface area contributed by atoms with Gasteiger partial charge in [0.25, 0.3) is 0 Å². The molecule has 54 valence electrons. The lowest BCUT2D eigenvalue weighted by Crippen LogP contribution is -2.31. The van der Waals surface area contributed by atoms with Crippen LogP contribution in [-0.2, 0) is 0 Å². The number of hydrogen-bond acceptors (Lipinski definition) is 2. The SMILES string of the molecule is CCNC(N)=NCCS. The smallest absolute Gasteiger partial charge is 0.188 e. The Kier molecular flexibility index (Phi) is 5.51. The van der Waals surface area contributed by atoms with E-state index in [0.29, 0.717) is 12.5 Å². The molecule has 0 aliphatic carbocycles. The van der Waals surface area contributed by atoms with Crippen molar-refractivity contribution in [2.75, 3.05) is 18.8 Å². The average Bonchev–Trinajstić information content (AvgIpc) is 1.85. The Hall–Kier alpha value is -0.380. The van der Waals surface area contributed by atoms with Gasteiger partial charge in [-0.05, 0) is 6.92 Å². The third kappa shape index (κ3) is 5.49. The van der Waals surface area contributed by atoms with Gasteiger partial charge in [0, 0.05) is 12.3 Å². The summed E-state index contributed by atoms with van der Waals surface area (Å²) in [5.41, 5.74) is 5.38. The lowest BCUT2D eigenvalue weighted by molar-refractivity contribution is 0.937. The largest absolute Gasteiger partial charge is 0.370 e. The van der Waals surface area contributed by atoms with Crippen molar-refractivity contribution in [1.29, 1.82) is 0 Å². The van der Waals surface area contributed by atoms with Gasteiger partial charge in [-0.25, -0.2) is 0 Å². The highest BCUT2D eigenvalue weighted by molar-refractivity contribution is 7.80. The maximum Gasteiger partial charge on any atom is 0.188 e. The van der Waals surface area contributed by atoms with Gasteiger partial charge >= 0.3 is 0 Å². The Morgan fingerprint density at radius 2 is 2.44 bits per heavy atom. The predicted octanol–water partition coefficient (Wildman–Crippen LogP) is -0.160. The van der Waals surface area contributed by atoms with Crippen LogP contribution in [0.15, 0.2) is 4.99 Å². The van der Waals surface area contributed by atoms with Crippen LogP contribution < -0.4 is 11.1 Å². The molecule has 9 heavy (non-hydrogen) atoms. The molecule has 0 aromatic carbocycles. The maximum atomic E-state index is 5.38. The fraction of sp³-hybridized carbons (Fsp3) is 0.800. The molecular formula is C5H13N3S. The molecule has 4 heteroatoms. The fourth-order valence-corrected chi connectivity index (χ4v) is 0.507. The highest BCUT2D eigenvalue weighted by Crippen LogP contribution is 1.73. The van der Waals surface area contributed by atoms with Crippen LogP contribution in [0.1, 0.15) is 6.92 Å². The van der Waals surface area contributed by atoms with Crippen molar-refractivity contribution < 1.29 is 0 Å². The van der Waals surface area contributed by atoms with Crippen LogP contribution in [0.3, 0.4) is 0 Å². The molecule has 0 aliphatic heterocycles. The molecule has 0 aromatic heterocycles. The zero-order chi connectivity index (χ0) is 7.11. The molecule has 0 radical (unpaired) electrons. The van der Waals surface area contributed by atoms with Crippen molar-refractivity contribution in [3.63, 3.8) is 0 Å². The summed E-state index contributed by atoms with van der Waals surface area (Å²) < 4.78 is 0. The summed E-state index contributed by atoms with van der Waals surface area (Å²) in [6.07, 6.45) is 0. The van der Waals surface area contributed by atoms with Gasteiger partial charge in [0.15, 0.2) is 5.96 Å². The van der Waals surface area contributed by atoms with Gasteiger partial charge < -0.3 is 11.1 Å².